The van der Waals surface area contributed by atoms with Gasteiger partial charge in [-0.1, -0.05) is 11.3 Å². The summed E-state index contributed by atoms with van der Waals surface area (Å²) in [4.78, 5) is 16.2. The highest BCUT2D eigenvalue weighted by atomic mass is 32.1. The van der Waals surface area contributed by atoms with Crippen molar-refractivity contribution in [1.82, 2.24) is 19.9 Å². The number of hydrogen-bond acceptors (Lipinski definition) is 9. The third kappa shape index (κ3) is 4.50. The van der Waals surface area contributed by atoms with Gasteiger partial charge >= 0.3 is 12.2 Å². The molecule has 0 saturated carbocycles. The SMILES string of the molecule is N#CC1CN(c2nc(OC[C@@]34CCCN3C[C@H](F)C4)nc3c(F)c(-c4ccc(F)c5sc(N)nc45)c(C(F)(F)F)cc23)C1. The van der Waals surface area contributed by atoms with Gasteiger partial charge in [0.2, 0.25) is 0 Å². The molecule has 43 heavy (non-hydrogen) atoms. The molecule has 0 amide bonds. The van der Waals surface area contributed by atoms with Crippen LogP contribution in [-0.4, -0.2) is 64.3 Å². The van der Waals surface area contributed by atoms with Crippen molar-refractivity contribution in [3.63, 3.8) is 0 Å². The number of hydrogen-bond donors (Lipinski definition) is 1. The highest BCUT2D eigenvalue weighted by molar-refractivity contribution is 7.22. The van der Waals surface area contributed by atoms with Crippen molar-refractivity contribution < 1.29 is 31.1 Å². The summed E-state index contributed by atoms with van der Waals surface area (Å²) in [6.07, 6.45) is -4.24. The van der Waals surface area contributed by atoms with Crippen LogP contribution in [0, 0.1) is 28.9 Å². The lowest BCUT2D eigenvalue weighted by Gasteiger charge is -2.37. The Balaban J connectivity index is 1.41. The normalized spacial score (nSPS) is 22.7. The number of nitrogen functional groups attached to an aromatic ring is 1. The van der Waals surface area contributed by atoms with E-state index >= 15 is 4.39 Å². The number of aromatic nitrogens is 3. The molecule has 2 atom stereocenters. The molecule has 0 spiro atoms. The molecule has 8 nitrogen and oxygen atoms in total. The number of nitrogens with zero attached hydrogens (tertiary/aromatic N) is 6. The Labute approximate surface area is 244 Å². The third-order valence-electron chi connectivity index (χ3n) is 8.57. The number of nitrogens with two attached hydrogens (primary N) is 1. The molecule has 3 fully saturated rings. The van der Waals surface area contributed by atoms with E-state index in [2.05, 4.69) is 21.0 Å². The molecule has 3 saturated heterocycles. The number of benzene rings is 2. The van der Waals surface area contributed by atoms with Crippen molar-refractivity contribution in [2.24, 2.45) is 5.92 Å². The maximum atomic E-state index is 16.6. The van der Waals surface area contributed by atoms with Gasteiger partial charge in [-0.05, 0) is 37.6 Å². The van der Waals surface area contributed by atoms with E-state index < -0.39 is 46.2 Å². The van der Waals surface area contributed by atoms with E-state index in [4.69, 9.17) is 10.5 Å². The van der Waals surface area contributed by atoms with Gasteiger partial charge in [-0.2, -0.15) is 28.4 Å². The zero-order valence-corrected chi connectivity index (χ0v) is 23.2. The van der Waals surface area contributed by atoms with Gasteiger partial charge in [0, 0.05) is 42.6 Å². The smallest absolute Gasteiger partial charge is 0.417 e. The average Bonchev–Trinajstić information content (AvgIpc) is 3.59. The summed E-state index contributed by atoms with van der Waals surface area (Å²) in [5.74, 6) is -2.47. The first-order chi connectivity index (χ1) is 20.5. The number of nitriles is 1. The van der Waals surface area contributed by atoms with Crippen LogP contribution in [0.4, 0.5) is 37.3 Å². The fourth-order valence-electron chi connectivity index (χ4n) is 6.56. The van der Waals surface area contributed by atoms with Crippen LogP contribution in [0.25, 0.3) is 32.2 Å². The summed E-state index contributed by atoms with van der Waals surface area (Å²) in [5.41, 5.74) is 2.03. The second-order valence-corrected chi connectivity index (χ2v) is 12.3. The molecule has 15 heteroatoms. The summed E-state index contributed by atoms with van der Waals surface area (Å²) < 4.78 is 94.9. The zero-order valence-electron chi connectivity index (χ0n) is 22.4. The van der Waals surface area contributed by atoms with Crippen molar-refractivity contribution in [1.29, 1.82) is 5.26 Å². The van der Waals surface area contributed by atoms with Crippen LogP contribution in [-0.2, 0) is 6.18 Å². The van der Waals surface area contributed by atoms with Gasteiger partial charge in [-0.25, -0.2) is 18.2 Å². The molecule has 2 N–H and O–H groups in total. The predicted octanol–water partition coefficient (Wildman–Crippen LogP) is 5.70. The Morgan fingerprint density at radius 2 is 1.93 bits per heavy atom. The molecule has 0 radical (unpaired) electrons. The van der Waals surface area contributed by atoms with Gasteiger partial charge in [0.1, 0.15) is 29.9 Å². The van der Waals surface area contributed by atoms with Crippen LogP contribution >= 0.6 is 11.3 Å². The summed E-state index contributed by atoms with van der Waals surface area (Å²) in [6, 6.07) is 4.55. The fraction of sp³-hybridized carbons (Fsp3) is 0.429. The Bertz CT molecular complexity index is 1820. The first-order valence-corrected chi connectivity index (χ1v) is 14.4. The van der Waals surface area contributed by atoms with Crippen molar-refractivity contribution in [2.75, 3.05) is 43.4 Å². The van der Waals surface area contributed by atoms with Crippen molar-refractivity contribution >= 4 is 43.4 Å². The summed E-state index contributed by atoms with van der Waals surface area (Å²) in [5, 5.41) is 8.96. The highest BCUT2D eigenvalue weighted by Gasteiger charge is 2.49. The summed E-state index contributed by atoms with van der Waals surface area (Å²) in [7, 11) is 0. The largest absolute Gasteiger partial charge is 0.461 e. The van der Waals surface area contributed by atoms with Crippen molar-refractivity contribution in [3.8, 4) is 23.2 Å². The summed E-state index contributed by atoms with van der Waals surface area (Å²) >= 11 is 0.736. The van der Waals surface area contributed by atoms with E-state index in [1.54, 1.807) is 4.90 Å². The van der Waals surface area contributed by atoms with Gasteiger partial charge in [-0.3, -0.25) is 4.90 Å². The molecule has 224 valence electrons. The van der Waals surface area contributed by atoms with Gasteiger partial charge in [0.05, 0.1) is 33.3 Å². The Morgan fingerprint density at radius 3 is 2.67 bits per heavy atom. The number of ether oxygens (including phenoxy) is 1. The maximum absolute atomic E-state index is 16.6. The van der Waals surface area contributed by atoms with Crippen LogP contribution < -0.4 is 15.4 Å². The molecule has 7 rings (SSSR count). The highest BCUT2D eigenvalue weighted by Crippen LogP contribution is 2.47. The van der Waals surface area contributed by atoms with Gasteiger partial charge < -0.3 is 15.4 Å². The second-order valence-electron chi connectivity index (χ2n) is 11.3. The molecule has 3 aliphatic rings. The number of fused-ring (bicyclic) bond motifs is 3. The molecule has 0 aliphatic carbocycles. The standard InChI is InChI=1S/C28H23F6N7OS/c29-14-7-27(4-1-5-41(27)11-14)12-42-26-38-21-16(24(39-26)40-9-13(8-35)10-40)6-17(28(32,33)34)19(20(21)31)15-2-3-18(30)23-22(15)37-25(36)43-23/h2-3,6,13-14H,1,4-5,7,9-12H2,(H2,36,37)/t14-,27+/m1/s1. The maximum Gasteiger partial charge on any atom is 0.417 e. The minimum Gasteiger partial charge on any atom is -0.461 e. The first kappa shape index (κ1) is 27.9. The lowest BCUT2D eigenvalue weighted by molar-refractivity contribution is -0.137. The molecule has 2 aromatic heterocycles. The topological polar surface area (TPSA) is 104 Å². The molecule has 0 unspecified atom stereocenters. The number of anilines is 2. The molecule has 0 bridgehead atoms. The van der Waals surface area contributed by atoms with Crippen LogP contribution in [0.1, 0.15) is 24.8 Å². The lowest BCUT2D eigenvalue weighted by Crippen LogP contribution is -2.46. The molecule has 5 heterocycles. The van der Waals surface area contributed by atoms with E-state index in [0.29, 0.717) is 13.0 Å². The van der Waals surface area contributed by atoms with Crippen molar-refractivity contribution in [3.05, 3.63) is 35.4 Å². The minimum atomic E-state index is -5.03. The Kier molecular flexibility index (Phi) is 6.37. The number of rotatable bonds is 5. The zero-order chi connectivity index (χ0) is 30.3. The second kappa shape index (κ2) is 9.81. The molecular formula is C28H23F6N7OS. The van der Waals surface area contributed by atoms with E-state index in [-0.39, 0.29) is 76.7 Å². The number of halogens is 6. The Morgan fingerprint density at radius 1 is 1.14 bits per heavy atom. The van der Waals surface area contributed by atoms with Gasteiger partial charge in [0.25, 0.3) is 0 Å². The van der Waals surface area contributed by atoms with Crippen LogP contribution in [0.15, 0.2) is 18.2 Å². The van der Waals surface area contributed by atoms with Gasteiger partial charge in [-0.15, -0.1) is 0 Å². The minimum absolute atomic E-state index is 0.0137. The quantitative estimate of drug-likeness (QED) is 0.284. The Hall–Kier alpha value is -3.90. The molecule has 4 aromatic rings. The molecule has 2 aromatic carbocycles. The molecular weight excluding hydrogens is 596 g/mol. The van der Waals surface area contributed by atoms with Gasteiger partial charge in [0.15, 0.2) is 10.9 Å². The van der Waals surface area contributed by atoms with E-state index in [9.17, 15) is 27.2 Å². The predicted molar refractivity (Wildman–Crippen MR) is 147 cm³/mol. The first-order valence-electron chi connectivity index (χ1n) is 13.6. The average molecular weight is 620 g/mol. The van der Waals surface area contributed by atoms with Crippen LogP contribution in [0.3, 0.4) is 0 Å². The van der Waals surface area contributed by atoms with E-state index in [1.807, 2.05) is 4.90 Å². The number of alkyl halides is 4. The van der Waals surface area contributed by atoms with Crippen LogP contribution in [0.2, 0.25) is 0 Å². The van der Waals surface area contributed by atoms with Crippen LogP contribution in [0.5, 0.6) is 6.01 Å². The number of thiazole rings is 1. The molecule has 3 aliphatic heterocycles. The van der Waals surface area contributed by atoms with E-state index in [1.165, 1.54) is 0 Å². The summed E-state index contributed by atoms with van der Waals surface area (Å²) in [6.45, 7) is 1.35. The van der Waals surface area contributed by atoms with E-state index in [0.717, 1.165) is 36.0 Å². The third-order valence-corrected chi connectivity index (χ3v) is 9.46. The monoisotopic (exact) mass is 619 g/mol. The van der Waals surface area contributed by atoms with Crippen molar-refractivity contribution in [2.45, 2.75) is 37.1 Å². The lowest BCUT2D eigenvalue weighted by atomic mass is 9.94. The fourth-order valence-corrected chi connectivity index (χ4v) is 7.32.